The summed E-state index contributed by atoms with van der Waals surface area (Å²) in [5, 5.41) is 11.9. The fourth-order valence-electron chi connectivity index (χ4n) is 3.03. The van der Waals surface area contributed by atoms with Crippen LogP contribution < -0.4 is 14.8 Å². The Labute approximate surface area is 206 Å². The van der Waals surface area contributed by atoms with Gasteiger partial charge in [0.05, 0.1) is 17.3 Å². The van der Waals surface area contributed by atoms with Crippen LogP contribution >= 0.6 is 15.9 Å². The number of amides is 1. The SMILES string of the molecule is CCCc1ccc(OCC(=O)Oc2ccc(/C=C(\C#N)C(=O)NCc3ccco3)cc2)c(Br)c1. The lowest BCUT2D eigenvalue weighted by atomic mass is 10.1. The van der Waals surface area contributed by atoms with Gasteiger partial charge < -0.3 is 19.2 Å². The third-order valence-electron chi connectivity index (χ3n) is 4.67. The number of hydrogen-bond donors (Lipinski definition) is 1. The minimum atomic E-state index is -0.553. The van der Waals surface area contributed by atoms with E-state index in [1.54, 1.807) is 36.4 Å². The number of aryl methyl sites for hydroxylation is 1. The highest BCUT2D eigenvalue weighted by atomic mass is 79.9. The number of ether oxygens (including phenoxy) is 2. The van der Waals surface area contributed by atoms with Crippen LogP contribution in [0.2, 0.25) is 0 Å². The molecule has 1 heterocycles. The van der Waals surface area contributed by atoms with E-state index in [-0.39, 0.29) is 18.7 Å². The lowest BCUT2D eigenvalue weighted by Crippen LogP contribution is -2.23. The van der Waals surface area contributed by atoms with Crippen LogP contribution in [0.1, 0.15) is 30.2 Å². The molecule has 174 valence electrons. The molecule has 0 saturated carbocycles. The Morgan fingerprint density at radius 2 is 1.97 bits per heavy atom. The standard InChI is InChI=1S/C26H23BrN2O5/c1-2-4-18-8-11-24(23(27)14-18)33-17-25(30)34-21-9-6-19(7-10-21)13-20(15-28)26(31)29-16-22-5-3-12-32-22/h3,5-14H,2,4,16-17H2,1H3,(H,29,31)/b20-13+. The normalized spacial score (nSPS) is 10.9. The molecule has 3 aromatic rings. The maximum atomic E-state index is 12.2. The molecule has 0 aliphatic heterocycles. The quantitative estimate of drug-likeness (QED) is 0.170. The van der Waals surface area contributed by atoms with E-state index >= 15 is 0 Å². The van der Waals surface area contributed by atoms with Crippen LogP contribution in [0.5, 0.6) is 11.5 Å². The first kappa shape index (κ1) is 24.8. The minimum Gasteiger partial charge on any atom is -0.481 e. The van der Waals surface area contributed by atoms with Crippen LogP contribution in [0.25, 0.3) is 6.08 Å². The zero-order valence-corrected chi connectivity index (χ0v) is 20.1. The van der Waals surface area contributed by atoms with E-state index in [1.807, 2.05) is 24.3 Å². The molecule has 1 aromatic heterocycles. The van der Waals surface area contributed by atoms with Gasteiger partial charge in [-0.05, 0) is 76.0 Å². The van der Waals surface area contributed by atoms with Crippen molar-refractivity contribution in [2.45, 2.75) is 26.3 Å². The van der Waals surface area contributed by atoms with E-state index in [0.29, 0.717) is 22.8 Å². The van der Waals surface area contributed by atoms with Gasteiger partial charge in [0.2, 0.25) is 0 Å². The van der Waals surface area contributed by atoms with E-state index in [9.17, 15) is 14.9 Å². The number of esters is 1. The Morgan fingerprint density at radius 1 is 1.18 bits per heavy atom. The van der Waals surface area contributed by atoms with Crippen molar-refractivity contribution >= 4 is 33.9 Å². The van der Waals surface area contributed by atoms with E-state index in [4.69, 9.17) is 13.9 Å². The summed E-state index contributed by atoms with van der Waals surface area (Å²) < 4.78 is 16.8. The highest BCUT2D eigenvalue weighted by molar-refractivity contribution is 9.10. The van der Waals surface area contributed by atoms with Gasteiger partial charge in [0, 0.05) is 0 Å². The maximum absolute atomic E-state index is 12.2. The fraction of sp³-hybridized carbons (Fsp3) is 0.192. The molecule has 0 atom stereocenters. The number of halogens is 1. The van der Waals surface area contributed by atoms with E-state index in [1.165, 1.54) is 17.9 Å². The number of nitrogens with zero attached hydrogens (tertiary/aromatic N) is 1. The molecule has 0 bridgehead atoms. The summed E-state index contributed by atoms with van der Waals surface area (Å²) in [6, 6.07) is 17.5. The second-order valence-electron chi connectivity index (χ2n) is 7.28. The van der Waals surface area contributed by atoms with Crippen molar-refractivity contribution in [1.82, 2.24) is 5.32 Å². The lowest BCUT2D eigenvalue weighted by molar-refractivity contribution is -0.136. The van der Waals surface area contributed by atoms with E-state index < -0.39 is 11.9 Å². The van der Waals surface area contributed by atoms with Crippen LogP contribution in [0.15, 0.2) is 75.3 Å². The second kappa shape index (κ2) is 12.4. The Kier molecular flexibility index (Phi) is 9.06. The molecule has 0 unspecified atom stereocenters. The van der Waals surface area contributed by atoms with Crippen LogP contribution in [-0.2, 0) is 22.6 Å². The third kappa shape index (κ3) is 7.36. The minimum absolute atomic E-state index is 0.0553. The van der Waals surface area contributed by atoms with Gasteiger partial charge in [-0.15, -0.1) is 0 Å². The third-order valence-corrected chi connectivity index (χ3v) is 5.29. The first-order valence-corrected chi connectivity index (χ1v) is 11.4. The Bertz CT molecular complexity index is 1190. The molecule has 7 nitrogen and oxygen atoms in total. The van der Waals surface area contributed by atoms with Crippen molar-refractivity contribution in [2.24, 2.45) is 0 Å². The Balaban J connectivity index is 1.52. The number of hydrogen-bond acceptors (Lipinski definition) is 6. The van der Waals surface area contributed by atoms with Gasteiger partial charge in [-0.25, -0.2) is 4.79 Å². The first-order valence-electron chi connectivity index (χ1n) is 10.6. The molecule has 3 rings (SSSR count). The van der Waals surface area contributed by atoms with Crippen molar-refractivity contribution in [3.63, 3.8) is 0 Å². The summed E-state index contributed by atoms with van der Waals surface area (Å²) in [4.78, 5) is 24.4. The molecule has 0 aliphatic rings. The predicted molar refractivity (Wildman–Crippen MR) is 130 cm³/mol. The van der Waals surface area contributed by atoms with Gasteiger partial charge in [-0.1, -0.05) is 31.5 Å². The summed E-state index contributed by atoms with van der Waals surface area (Å²) in [6.07, 6.45) is 4.97. The van der Waals surface area contributed by atoms with Crippen LogP contribution in [0, 0.1) is 11.3 Å². The number of carbonyl (C=O) groups excluding carboxylic acids is 2. The monoisotopic (exact) mass is 522 g/mol. The summed E-state index contributed by atoms with van der Waals surface area (Å²) in [6.45, 7) is 2.05. The number of furan rings is 1. The molecule has 0 spiro atoms. The smallest absolute Gasteiger partial charge is 0.349 e. The number of benzene rings is 2. The highest BCUT2D eigenvalue weighted by Crippen LogP contribution is 2.26. The Morgan fingerprint density at radius 3 is 2.62 bits per heavy atom. The lowest BCUT2D eigenvalue weighted by Gasteiger charge is -2.10. The predicted octanol–water partition coefficient (Wildman–Crippen LogP) is 5.20. The van der Waals surface area contributed by atoms with Gasteiger partial charge in [-0.3, -0.25) is 4.79 Å². The Hall–Kier alpha value is -3.83. The fourth-order valence-corrected chi connectivity index (χ4v) is 3.57. The summed E-state index contributed by atoms with van der Waals surface area (Å²) >= 11 is 3.46. The zero-order valence-electron chi connectivity index (χ0n) is 18.5. The second-order valence-corrected chi connectivity index (χ2v) is 8.13. The van der Waals surface area contributed by atoms with Crippen LogP contribution in [0.3, 0.4) is 0 Å². The molecule has 0 aliphatic carbocycles. The average molecular weight is 523 g/mol. The molecular weight excluding hydrogens is 500 g/mol. The molecule has 1 amide bonds. The molecule has 8 heteroatoms. The number of nitriles is 1. The van der Waals surface area contributed by atoms with Crippen molar-refractivity contribution in [1.29, 1.82) is 5.26 Å². The average Bonchev–Trinajstić information content (AvgIpc) is 3.35. The van der Waals surface area contributed by atoms with E-state index in [2.05, 4.69) is 28.2 Å². The van der Waals surface area contributed by atoms with Crippen molar-refractivity contribution in [2.75, 3.05) is 6.61 Å². The van der Waals surface area contributed by atoms with Crippen LogP contribution in [-0.4, -0.2) is 18.5 Å². The molecule has 1 N–H and O–H groups in total. The van der Waals surface area contributed by atoms with E-state index in [0.717, 1.165) is 17.3 Å². The van der Waals surface area contributed by atoms with Crippen molar-refractivity contribution < 1.29 is 23.5 Å². The molecular formula is C26H23BrN2O5. The zero-order chi connectivity index (χ0) is 24.3. The van der Waals surface area contributed by atoms with Gasteiger partial charge in [-0.2, -0.15) is 5.26 Å². The largest absolute Gasteiger partial charge is 0.481 e. The molecule has 2 aromatic carbocycles. The van der Waals surface area contributed by atoms with Crippen LogP contribution in [0.4, 0.5) is 0 Å². The molecule has 0 radical (unpaired) electrons. The van der Waals surface area contributed by atoms with Gasteiger partial charge in [0.15, 0.2) is 6.61 Å². The first-order chi connectivity index (χ1) is 16.5. The van der Waals surface area contributed by atoms with Gasteiger partial charge in [0.25, 0.3) is 5.91 Å². The van der Waals surface area contributed by atoms with Crippen molar-refractivity contribution in [3.8, 4) is 17.6 Å². The molecule has 0 saturated heterocycles. The summed E-state index contributed by atoms with van der Waals surface area (Å²) in [7, 11) is 0. The highest BCUT2D eigenvalue weighted by Gasteiger charge is 2.11. The number of rotatable bonds is 10. The van der Waals surface area contributed by atoms with Gasteiger partial charge >= 0.3 is 5.97 Å². The van der Waals surface area contributed by atoms with Gasteiger partial charge in [0.1, 0.15) is 28.9 Å². The molecule has 34 heavy (non-hydrogen) atoms. The molecule has 0 fully saturated rings. The number of nitrogens with one attached hydrogen (secondary N) is 1. The van der Waals surface area contributed by atoms with Crippen molar-refractivity contribution in [3.05, 3.63) is 87.8 Å². The maximum Gasteiger partial charge on any atom is 0.349 e. The number of carbonyl (C=O) groups is 2. The summed E-state index contributed by atoms with van der Waals surface area (Å²) in [5.74, 6) is 0.403. The summed E-state index contributed by atoms with van der Waals surface area (Å²) in [5.41, 5.74) is 1.74. The topological polar surface area (TPSA) is 102 Å².